The van der Waals surface area contributed by atoms with E-state index in [0.717, 1.165) is 57.2 Å². The van der Waals surface area contributed by atoms with E-state index in [2.05, 4.69) is 44.0 Å². The zero-order valence-corrected chi connectivity index (χ0v) is 13.9. The minimum Gasteiger partial charge on any atom is -0.377 e. The first-order chi connectivity index (χ1) is 10.2. The van der Waals surface area contributed by atoms with Crippen molar-refractivity contribution in [1.29, 1.82) is 0 Å². The molecule has 1 fully saturated rings. The summed E-state index contributed by atoms with van der Waals surface area (Å²) in [7, 11) is 0. The smallest absolute Gasteiger partial charge is 0.134 e. The van der Waals surface area contributed by atoms with Crippen molar-refractivity contribution in [1.82, 2.24) is 10.3 Å². The molecule has 0 bridgehead atoms. The molecule has 0 aromatic carbocycles. The van der Waals surface area contributed by atoms with E-state index in [1.807, 2.05) is 0 Å². The van der Waals surface area contributed by atoms with Crippen molar-refractivity contribution in [2.75, 3.05) is 31.2 Å². The quantitative estimate of drug-likeness (QED) is 0.818. The average molecular weight is 291 g/mol. The maximum atomic E-state index is 5.64. The van der Waals surface area contributed by atoms with Crippen LogP contribution in [0.5, 0.6) is 0 Å². The van der Waals surface area contributed by atoms with Crippen LogP contribution in [0.15, 0.2) is 6.07 Å². The molecule has 1 saturated heterocycles. The van der Waals surface area contributed by atoms with E-state index in [1.165, 1.54) is 11.1 Å². The van der Waals surface area contributed by atoms with Crippen molar-refractivity contribution < 1.29 is 4.74 Å². The first-order valence-electron chi connectivity index (χ1n) is 8.19. The van der Waals surface area contributed by atoms with Crippen LogP contribution in [0.4, 0.5) is 5.82 Å². The van der Waals surface area contributed by atoms with E-state index in [4.69, 9.17) is 9.72 Å². The summed E-state index contributed by atoms with van der Waals surface area (Å²) in [5, 5.41) is 3.53. The molecule has 0 saturated carbocycles. The molecule has 1 aromatic heterocycles. The molecule has 2 rings (SSSR count). The van der Waals surface area contributed by atoms with Gasteiger partial charge in [-0.1, -0.05) is 13.8 Å². The number of nitrogens with one attached hydrogen (secondary N) is 1. The summed E-state index contributed by atoms with van der Waals surface area (Å²) in [6, 6.07) is 2.63. The molecule has 1 aliphatic rings. The second-order valence-corrected chi connectivity index (χ2v) is 5.89. The van der Waals surface area contributed by atoms with Gasteiger partial charge in [-0.05, 0) is 44.9 Å². The number of hydrogen-bond donors (Lipinski definition) is 1. The van der Waals surface area contributed by atoms with Crippen molar-refractivity contribution in [3.05, 3.63) is 22.9 Å². The maximum absolute atomic E-state index is 5.64. The Morgan fingerprint density at radius 2 is 2.19 bits per heavy atom. The van der Waals surface area contributed by atoms with Crippen LogP contribution in [0.3, 0.4) is 0 Å². The first-order valence-corrected chi connectivity index (χ1v) is 8.19. The van der Waals surface area contributed by atoms with Gasteiger partial charge in [0.2, 0.25) is 0 Å². The number of pyridine rings is 1. The van der Waals surface area contributed by atoms with Crippen LogP contribution in [0, 0.1) is 13.8 Å². The molecule has 118 valence electrons. The monoisotopic (exact) mass is 291 g/mol. The number of rotatable bonds is 6. The van der Waals surface area contributed by atoms with Gasteiger partial charge in [0.25, 0.3) is 0 Å². The van der Waals surface area contributed by atoms with Crippen molar-refractivity contribution in [3.8, 4) is 0 Å². The molecule has 1 unspecified atom stereocenters. The molecule has 0 amide bonds. The minimum atomic E-state index is 0.442. The normalized spacial score (nSPS) is 19.0. The van der Waals surface area contributed by atoms with E-state index < -0.39 is 0 Å². The molecule has 4 nitrogen and oxygen atoms in total. The van der Waals surface area contributed by atoms with Gasteiger partial charge in [0.15, 0.2) is 0 Å². The SMILES string of the molecule is CCCNCc1c(C)cc(C)nc1N1CCOCC1CC. The number of anilines is 1. The molecule has 1 atom stereocenters. The summed E-state index contributed by atoms with van der Waals surface area (Å²) in [4.78, 5) is 7.32. The third-order valence-corrected chi connectivity index (χ3v) is 4.15. The predicted octanol–water partition coefficient (Wildman–Crippen LogP) is 2.81. The summed E-state index contributed by atoms with van der Waals surface area (Å²) in [6.07, 6.45) is 2.25. The Kier molecular flexibility index (Phi) is 6.00. The van der Waals surface area contributed by atoms with Gasteiger partial charge in [-0.15, -0.1) is 0 Å². The third kappa shape index (κ3) is 3.95. The van der Waals surface area contributed by atoms with Gasteiger partial charge < -0.3 is 15.0 Å². The topological polar surface area (TPSA) is 37.4 Å². The molecular weight excluding hydrogens is 262 g/mol. The lowest BCUT2D eigenvalue weighted by Gasteiger charge is -2.37. The fourth-order valence-electron chi connectivity index (χ4n) is 2.96. The van der Waals surface area contributed by atoms with E-state index >= 15 is 0 Å². The molecular formula is C17H29N3O. The van der Waals surface area contributed by atoms with E-state index in [-0.39, 0.29) is 0 Å². The number of nitrogens with zero attached hydrogens (tertiary/aromatic N) is 2. The molecule has 0 aliphatic carbocycles. The predicted molar refractivity (Wildman–Crippen MR) is 88.0 cm³/mol. The van der Waals surface area contributed by atoms with Gasteiger partial charge in [-0.3, -0.25) is 0 Å². The Morgan fingerprint density at radius 3 is 2.90 bits per heavy atom. The standard InChI is InChI=1S/C17H29N3O/c1-5-7-18-11-16-13(3)10-14(4)19-17(16)20-8-9-21-12-15(20)6-2/h10,15,18H,5-9,11-12H2,1-4H3. The molecule has 21 heavy (non-hydrogen) atoms. The van der Waals surface area contributed by atoms with Gasteiger partial charge in [0.1, 0.15) is 5.82 Å². The van der Waals surface area contributed by atoms with Crippen molar-refractivity contribution in [3.63, 3.8) is 0 Å². The Labute approximate surface area is 128 Å². The number of ether oxygens (including phenoxy) is 1. The lowest BCUT2D eigenvalue weighted by Crippen LogP contribution is -2.46. The zero-order chi connectivity index (χ0) is 15.2. The number of hydrogen-bond acceptors (Lipinski definition) is 4. The average Bonchev–Trinajstić information content (AvgIpc) is 2.49. The van der Waals surface area contributed by atoms with Crippen LogP contribution in [0.2, 0.25) is 0 Å². The summed E-state index contributed by atoms with van der Waals surface area (Å²) in [5.41, 5.74) is 3.78. The van der Waals surface area contributed by atoms with Gasteiger partial charge in [0, 0.05) is 24.3 Å². The number of aromatic nitrogens is 1. The van der Waals surface area contributed by atoms with E-state index in [0.29, 0.717) is 6.04 Å². The van der Waals surface area contributed by atoms with Gasteiger partial charge in [-0.25, -0.2) is 4.98 Å². The van der Waals surface area contributed by atoms with Crippen molar-refractivity contribution >= 4 is 5.82 Å². The van der Waals surface area contributed by atoms with Crippen LogP contribution < -0.4 is 10.2 Å². The lowest BCUT2D eigenvalue weighted by atomic mass is 10.1. The zero-order valence-electron chi connectivity index (χ0n) is 13.9. The molecule has 1 aromatic rings. The Bertz CT molecular complexity index is 462. The van der Waals surface area contributed by atoms with Gasteiger partial charge in [0.05, 0.1) is 19.3 Å². The van der Waals surface area contributed by atoms with E-state index in [9.17, 15) is 0 Å². The summed E-state index contributed by atoms with van der Waals surface area (Å²) >= 11 is 0. The highest BCUT2D eigenvalue weighted by atomic mass is 16.5. The fraction of sp³-hybridized carbons (Fsp3) is 0.706. The van der Waals surface area contributed by atoms with Gasteiger partial charge >= 0.3 is 0 Å². The summed E-state index contributed by atoms with van der Waals surface area (Å²) in [6.45, 7) is 13.2. The molecule has 2 heterocycles. The number of morpholine rings is 1. The lowest BCUT2D eigenvalue weighted by molar-refractivity contribution is 0.0924. The highest BCUT2D eigenvalue weighted by Crippen LogP contribution is 2.26. The molecule has 0 radical (unpaired) electrons. The summed E-state index contributed by atoms with van der Waals surface area (Å²) < 4.78 is 5.64. The molecule has 1 aliphatic heterocycles. The Hall–Kier alpha value is -1.13. The van der Waals surface area contributed by atoms with Crippen LogP contribution in [-0.2, 0) is 11.3 Å². The highest BCUT2D eigenvalue weighted by Gasteiger charge is 2.25. The van der Waals surface area contributed by atoms with Crippen molar-refractivity contribution in [2.24, 2.45) is 0 Å². The second kappa shape index (κ2) is 7.76. The minimum absolute atomic E-state index is 0.442. The Morgan fingerprint density at radius 1 is 1.38 bits per heavy atom. The first kappa shape index (κ1) is 16.2. The molecule has 4 heteroatoms. The van der Waals surface area contributed by atoms with Crippen LogP contribution in [0.25, 0.3) is 0 Å². The van der Waals surface area contributed by atoms with Crippen LogP contribution >= 0.6 is 0 Å². The largest absolute Gasteiger partial charge is 0.377 e. The second-order valence-electron chi connectivity index (χ2n) is 5.89. The Balaban J connectivity index is 2.30. The maximum Gasteiger partial charge on any atom is 0.134 e. The molecule has 0 spiro atoms. The van der Waals surface area contributed by atoms with Crippen LogP contribution in [0.1, 0.15) is 43.5 Å². The highest BCUT2D eigenvalue weighted by molar-refractivity contribution is 5.52. The third-order valence-electron chi connectivity index (χ3n) is 4.15. The summed E-state index contributed by atoms with van der Waals surface area (Å²) in [5.74, 6) is 1.16. The van der Waals surface area contributed by atoms with Crippen LogP contribution in [-0.4, -0.2) is 37.3 Å². The van der Waals surface area contributed by atoms with Gasteiger partial charge in [-0.2, -0.15) is 0 Å². The number of aryl methyl sites for hydroxylation is 2. The van der Waals surface area contributed by atoms with Crippen molar-refractivity contribution in [2.45, 2.75) is 53.1 Å². The van der Waals surface area contributed by atoms with E-state index in [1.54, 1.807) is 0 Å². The fourth-order valence-corrected chi connectivity index (χ4v) is 2.96. The molecule has 1 N–H and O–H groups in total.